The Morgan fingerprint density at radius 3 is 2.30 bits per heavy atom. The summed E-state index contributed by atoms with van der Waals surface area (Å²) in [5, 5.41) is 24.9. The number of methoxy groups -OCH3 is 2. The summed E-state index contributed by atoms with van der Waals surface area (Å²) < 4.78 is 20.7. The van der Waals surface area contributed by atoms with E-state index >= 15 is 0 Å². The number of fused-ring (bicyclic) bond motifs is 2. The van der Waals surface area contributed by atoms with Crippen LogP contribution in [-0.4, -0.2) is 170 Å². The van der Waals surface area contributed by atoms with E-state index in [9.17, 15) is 29.4 Å². The van der Waals surface area contributed by atoms with Crippen LogP contribution in [0.15, 0.2) is 49.1 Å². The molecular formula is C48H68N8O10. The number of anilines is 2. The van der Waals surface area contributed by atoms with E-state index in [1.54, 1.807) is 11.0 Å². The van der Waals surface area contributed by atoms with Crippen LogP contribution in [-0.2, 0) is 41.6 Å². The normalized spacial score (nSPS) is 20.7. The molecule has 18 nitrogen and oxygen atoms in total. The van der Waals surface area contributed by atoms with E-state index < -0.39 is 5.60 Å². The van der Waals surface area contributed by atoms with Gasteiger partial charge < -0.3 is 59.0 Å². The van der Waals surface area contributed by atoms with E-state index in [1.165, 1.54) is 20.3 Å². The zero-order valence-electron chi connectivity index (χ0n) is 39.2. The number of amides is 2. The molecule has 0 spiro atoms. The molecule has 4 saturated heterocycles. The zero-order chi connectivity index (χ0) is 47.4. The van der Waals surface area contributed by atoms with E-state index in [1.807, 2.05) is 49.9 Å². The number of carbonyl (C=O) groups excluding carboxylic acids is 4. The number of hydrogen-bond donors (Lipinski definition) is 3. The number of hydrogen-bond acceptors (Lipinski definition) is 16. The maximum Gasteiger partial charge on any atom is 0.410 e. The second-order valence-corrected chi connectivity index (χ2v) is 18.3. The maximum atomic E-state index is 12.2. The Kier molecular flexibility index (Phi) is 17.4. The minimum atomic E-state index is -0.500. The predicted molar refractivity (Wildman–Crippen MR) is 249 cm³/mol. The van der Waals surface area contributed by atoms with Gasteiger partial charge >= 0.3 is 24.0 Å². The number of aliphatic hydroxyl groups is 1. The molecule has 0 radical (unpaired) electrons. The molecule has 2 amide bonds. The van der Waals surface area contributed by atoms with E-state index in [0.29, 0.717) is 77.3 Å². The van der Waals surface area contributed by atoms with Crippen molar-refractivity contribution < 1.29 is 48.3 Å². The third kappa shape index (κ3) is 13.2. The number of aliphatic hydroxyl groups excluding tert-OH is 1. The molecule has 5 aliphatic heterocycles. The Hall–Kier alpha value is -5.72. The molecule has 2 aromatic carbocycles. The SMILES string of the molecule is C=CC(=O)N1CCN(c2nc(OCC3CCN(CCO)C3)nc3c2CCN(c2cc(O)cc4ccccc24)C3)CC1.COC(=O)C1CCN(C(=O)OC(C)(C)C)C1.COC(=O)C1CCNC1. The van der Waals surface area contributed by atoms with E-state index in [-0.39, 0.29) is 48.1 Å². The number of phenolic OH excluding ortho intramolecular Hbond substituents is 1. The first-order valence-corrected chi connectivity index (χ1v) is 23.0. The van der Waals surface area contributed by atoms with Gasteiger partial charge in [-0.3, -0.25) is 14.4 Å². The molecule has 6 heterocycles. The number of aromatic hydroxyl groups is 1. The number of esters is 2. The highest BCUT2D eigenvalue weighted by Crippen LogP contribution is 2.36. The number of likely N-dealkylation sites (tertiary alicyclic amines) is 2. The smallest absolute Gasteiger partial charge is 0.410 e. The molecule has 4 fully saturated rings. The molecule has 66 heavy (non-hydrogen) atoms. The first-order chi connectivity index (χ1) is 31.7. The Morgan fingerprint density at radius 1 is 0.879 bits per heavy atom. The van der Waals surface area contributed by atoms with E-state index in [0.717, 1.165) is 85.5 Å². The second kappa shape index (κ2) is 23.1. The monoisotopic (exact) mass is 917 g/mol. The molecule has 360 valence electrons. The van der Waals surface area contributed by atoms with Gasteiger partial charge in [-0.05, 0) is 77.1 Å². The van der Waals surface area contributed by atoms with Crippen molar-refractivity contribution in [3.8, 4) is 11.8 Å². The number of carbonyl (C=O) groups is 4. The van der Waals surface area contributed by atoms with Crippen LogP contribution in [0.5, 0.6) is 11.8 Å². The summed E-state index contributed by atoms with van der Waals surface area (Å²) >= 11 is 0. The number of β-amino-alcohol motifs (C(OH)–C–C–N with tert-alkyl or cyclic N) is 1. The van der Waals surface area contributed by atoms with Crippen molar-refractivity contribution in [2.75, 3.05) is 116 Å². The molecule has 3 aromatic rings. The molecule has 3 N–H and O–H groups in total. The van der Waals surface area contributed by atoms with Crippen LogP contribution in [0, 0.1) is 17.8 Å². The number of phenols is 1. The molecule has 5 aliphatic rings. The molecule has 1 aromatic heterocycles. The van der Waals surface area contributed by atoms with Crippen LogP contribution in [0.3, 0.4) is 0 Å². The fraction of sp³-hybridized carbons (Fsp3) is 0.583. The largest absolute Gasteiger partial charge is 0.508 e. The number of ether oxygens (including phenoxy) is 4. The fourth-order valence-electron chi connectivity index (χ4n) is 8.94. The number of benzene rings is 2. The summed E-state index contributed by atoms with van der Waals surface area (Å²) in [6.07, 6.45) is 4.37. The van der Waals surface area contributed by atoms with Crippen molar-refractivity contribution in [2.45, 2.75) is 58.6 Å². The van der Waals surface area contributed by atoms with Crippen LogP contribution in [0.1, 0.15) is 51.3 Å². The Morgan fingerprint density at radius 2 is 1.62 bits per heavy atom. The Labute approximate surface area is 387 Å². The average Bonchev–Trinajstić information content (AvgIpc) is 4.14. The summed E-state index contributed by atoms with van der Waals surface area (Å²) in [4.78, 5) is 65.9. The van der Waals surface area contributed by atoms with Gasteiger partial charge in [0.1, 0.15) is 17.2 Å². The summed E-state index contributed by atoms with van der Waals surface area (Å²) in [5.41, 5.74) is 2.54. The van der Waals surface area contributed by atoms with E-state index in [4.69, 9.17) is 19.4 Å². The van der Waals surface area contributed by atoms with Gasteiger partial charge in [-0.15, -0.1) is 0 Å². The highest BCUT2D eigenvalue weighted by molar-refractivity contribution is 5.95. The van der Waals surface area contributed by atoms with Gasteiger partial charge in [-0.1, -0.05) is 30.8 Å². The van der Waals surface area contributed by atoms with Crippen LogP contribution in [0.25, 0.3) is 10.8 Å². The van der Waals surface area contributed by atoms with Gasteiger partial charge in [-0.25, -0.2) is 4.79 Å². The minimum Gasteiger partial charge on any atom is -0.508 e. The molecule has 3 atom stereocenters. The summed E-state index contributed by atoms with van der Waals surface area (Å²) in [6, 6.07) is 12.1. The number of nitrogens with one attached hydrogen (secondary N) is 1. The van der Waals surface area contributed by atoms with Gasteiger partial charge in [-0.2, -0.15) is 9.97 Å². The lowest BCUT2D eigenvalue weighted by molar-refractivity contribution is -0.145. The zero-order valence-corrected chi connectivity index (χ0v) is 39.2. The van der Waals surface area contributed by atoms with Crippen LogP contribution in [0.4, 0.5) is 16.3 Å². The molecule has 0 bridgehead atoms. The summed E-state index contributed by atoms with van der Waals surface area (Å²) in [7, 11) is 2.79. The number of rotatable bonds is 10. The first kappa shape index (κ1) is 49.7. The topological polar surface area (TPSA) is 200 Å². The maximum absolute atomic E-state index is 12.2. The molecular weight excluding hydrogens is 849 g/mol. The predicted octanol–water partition coefficient (Wildman–Crippen LogP) is 3.61. The van der Waals surface area contributed by atoms with Crippen molar-refractivity contribution in [1.29, 1.82) is 0 Å². The quantitative estimate of drug-likeness (QED) is 0.151. The molecule has 3 unspecified atom stereocenters. The van der Waals surface area contributed by atoms with Crippen molar-refractivity contribution in [1.82, 2.24) is 30.0 Å². The third-order valence-electron chi connectivity index (χ3n) is 12.5. The van der Waals surface area contributed by atoms with Crippen molar-refractivity contribution in [3.63, 3.8) is 0 Å². The van der Waals surface area contributed by atoms with Gasteiger partial charge in [0.25, 0.3) is 0 Å². The average molecular weight is 917 g/mol. The van der Waals surface area contributed by atoms with Crippen LogP contribution in [0.2, 0.25) is 0 Å². The number of aromatic nitrogens is 2. The van der Waals surface area contributed by atoms with Gasteiger partial charge in [0.05, 0.1) is 51.5 Å². The highest BCUT2D eigenvalue weighted by atomic mass is 16.6. The molecule has 18 heteroatoms. The van der Waals surface area contributed by atoms with E-state index in [2.05, 4.69) is 42.1 Å². The van der Waals surface area contributed by atoms with Crippen molar-refractivity contribution in [3.05, 3.63) is 60.3 Å². The van der Waals surface area contributed by atoms with Crippen LogP contribution >= 0.6 is 0 Å². The lowest BCUT2D eigenvalue weighted by Gasteiger charge is -2.38. The third-order valence-corrected chi connectivity index (χ3v) is 12.5. The molecule has 0 aliphatic carbocycles. The Balaban J connectivity index is 0.000000235. The molecule has 8 rings (SSSR count). The first-order valence-electron chi connectivity index (χ1n) is 23.0. The van der Waals surface area contributed by atoms with Crippen molar-refractivity contribution >= 4 is 46.2 Å². The lowest BCUT2D eigenvalue weighted by atomic mass is 10.0. The fourth-order valence-corrected chi connectivity index (χ4v) is 8.94. The standard InChI is InChI=1S/C31H38N6O4.C11H19NO4.C6H11NO2/c1-2-29(40)35-11-13-36(14-12-35)30-26-8-10-37(28-18-24(39)17-23-5-3-4-6-25(23)28)20-27(26)32-31(33-30)41-21-22-7-9-34(19-22)15-16-38;1-11(2,3)16-10(14)12-6-5-8(7-12)9(13)15-4;1-9-6(8)5-2-3-7-4-5/h2-6,17-18,22,38-39H,1,7-16,19-21H2;8H,5-7H2,1-4H3;5,7H,2-4H2,1H3. The van der Waals surface area contributed by atoms with Gasteiger partial charge in [0, 0.05) is 94.1 Å². The Bertz CT molecular complexity index is 2150. The highest BCUT2D eigenvalue weighted by Gasteiger charge is 2.34. The summed E-state index contributed by atoms with van der Waals surface area (Å²) in [6.45, 7) is 19.0. The molecule has 0 saturated carbocycles. The minimum absolute atomic E-state index is 0.0424. The van der Waals surface area contributed by atoms with Gasteiger partial charge in [0.2, 0.25) is 5.91 Å². The number of piperazine rings is 1. The van der Waals surface area contributed by atoms with Gasteiger partial charge in [0.15, 0.2) is 0 Å². The second-order valence-electron chi connectivity index (χ2n) is 18.3. The van der Waals surface area contributed by atoms with Crippen molar-refractivity contribution in [2.24, 2.45) is 17.8 Å². The van der Waals surface area contributed by atoms with Crippen LogP contribution < -0.4 is 19.9 Å². The number of nitrogens with zero attached hydrogens (tertiary/aromatic N) is 7. The summed E-state index contributed by atoms with van der Waals surface area (Å²) in [5.74, 6) is 1.02. The lowest BCUT2D eigenvalue weighted by Crippen LogP contribution is -2.49.